The van der Waals surface area contributed by atoms with Gasteiger partial charge in [-0.2, -0.15) is 0 Å². The molecule has 0 unspecified atom stereocenters. The minimum absolute atomic E-state index is 0.129. The lowest BCUT2D eigenvalue weighted by atomic mass is 10.2. The highest BCUT2D eigenvalue weighted by Gasteiger charge is 2.25. The first-order chi connectivity index (χ1) is 13.5. The molecule has 0 radical (unpaired) electrons. The Morgan fingerprint density at radius 1 is 0.857 bits per heavy atom. The van der Waals surface area contributed by atoms with E-state index < -0.39 is 0 Å². The van der Waals surface area contributed by atoms with E-state index in [2.05, 4.69) is 68.7 Å². The van der Waals surface area contributed by atoms with E-state index in [9.17, 15) is 4.79 Å². The number of aromatic nitrogens is 1. The topological polar surface area (TPSA) is 28.5 Å². The molecule has 1 aliphatic rings. The predicted octanol–water partition coefficient (Wildman–Crippen LogP) is 4.82. The Balaban J connectivity index is 1.52. The van der Waals surface area contributed by atoms with Gasteiger partial charge in [0.25, 0.3) is 5.91 Å². The highest BCUT2D eigenvalue weighted by molar-refractivity contribution is 9.10. The normalized spacial score (nSPS) is 14.4. The standard InChI is InChI=1S/C23H24BrN3O/c1-17-16-22(18(2)27(17)21-10-8-19(24)9-11-21)23(28)26-14-12-25(13-15-26)20-6-4-3-5-7-20/h3-11,16H,12-15H2,1-2H3. The Kier molecular flexibility index (Phi) is 5.27. The van der Waals surface area contributed by atoms with Crippen LogP contribution in [0.2, 0.25) is 0 Å². The lowest BCUT2D eigenvalue weighted by Crippen LogP contribution is -2.48. The fraction of sp³-hybridized carbons (Fsp3) is 0.261. The van der Waals surface area contributed by atoms with Crippen molar-refractivity contribution in [2.24, 2.45) is 0 Å². The van der Waals surface area contributed by atoms with Gasteiger partial charge in [0.05, 0.1) is 5.56 Å². The summed E-state index contributed by atoms with van der Waals surface area (Å²) in [6, 6.07) is 20.6. The number of halogens is 1. The molecule has 28 heavy (non-hydrogen) atoms. The number of hydrogen-bond acceptors (Lipinski definition) is 2. The smallest absolute Gasteiger partial charge is 0.255 e. The largest absolute Gasteiger partial charge is 0.368 e. The first-order valence-electron chi connectivity index (χ1n) is 9.59. The Morgan fingerprint density at radius 3 is 2.14 bits per heavy atom. The third kappa shape index (κ3) is 3.59. The van der Waals surface area contributed by atoms with Crippen molar-refractivity contribution in [1.29, 1.82) is 0 Å². The van der Waals surface area contributed by atoms with E-state index in [1.807, 2.05) is 36.1 Å². The van der Waals surface area contributed by atoms with Crippen molar-refractivity contribution in [2.75, 3.05) is 31.1 Å². The number of nitrogens with zero attached hydrogens (tertiary/aromatic N) is 3. The van der Waals surface area contributed by atoms with Crippen molar-refractivity contribution in [2.45, 2.75) is 13.8 Å². The molecule has 1 saturated heterocycles. The van der Waals surface area contributed by atoms with Crippen LogP contribution in [0, 0.1) is 13.8 Å². The molecule has 1 aromatic heterocycles. The zero-order chi connectivity index (χ0) is 19.7. The molecular formula is C23H24BrN3O. The zero-order valence-electron chi connectivity index (χ0n) is 16.2. The monoisotopic (exact) mass is 437 g/mol. The maximum absolute atomic E-state index is 13.2. The molecule has 0 aliphatic carbocycles. The van der Waals surface area contributed by atoms with E-state index in [0.29, 0.717) is 0 Å². The molecule has 2 aromatic carbocycles. The van der Waals surface area contributed by atoms with Crippen LogP contribution in [0.25, 0.3) is 5.69 Å². The Morgan fingerprint density at radius 2 is 1.50 bits per heavy atom. The molecule has 1 aliphatic heterocycles. The van der Waals surface area contributed by atoms with Gasteiger partial charge in [-0.05, 0) is 56.3 Å². The summed E-state index contributed by atoms with van der Waals surface area (Å²) in [6.07, 6.45) is 0. The number of anilines is 1. The first kappa shape index (κ1) is 18.8. The van der Waals surface area contributed by atoms with Crippen LogP contribution in [0.5, 0.6) is 0 Å². The van der Waals surface area contributed by atoms with E-state index in [4.69, 9.17) is 0 Å². The molecule has 0 bridgehead atoms. The molecule has 5 heteroatoms. The van der Waals surface area contributed by atoms with Gasteiger partial charge in [0.2, 0.25) is 0 Å². The number of para-hydroxylation sites is 1. The van der Waals surface area contributed by atoms with E-state index in [1.54, 1.807) is 0 Å². The number of piperazine rings is 1. The second-order valence-corrected chi connectivity index (χ2v) is 8.13. The lowest BCUT2D eigenvalue weighted by molar-refractivity contribution is 0.0746. The van der Waals surface area contributed by atoms with Crippen molar-refractivity contribution in [3.8, 4) is 5.69 Å². The van der Waals surface area contributed by atoms with Gasteiger partial charge in [-0.3, -0.25) is 4.79 Å². The molecule has 0 N–H and O–H groups in total. The maximum atomic E-state index is 13.2. The van der Waals surface area contributed by atoms with Gasteiger partial charge in [-0.1, -0.05) is 34.1 Å². The maximum Gasteiger partial charge on any atom is 0.255 e. The molecule has 0 spiro atoms. The van der Waals surface area contributed by atoms with Crippen molar-refractivity contribution >= 4 is 27.5 Å². The van der Waals surface area contributed by atoms with Crippen LogP contribution in [-0.2, 0) is 0 Å². The predicted molar refractivity (Wildman–Crippen MR) is 118 cm³/mol. The van der Waals surface area contributed by atoms with Crippen LogP contribution < -0.4 is 4.90 Å². The summed E-state index contributed by atoms with van der Waals surface area (Å²) >= 11 is 3.48. The minimum Gasteiger partial charge on any atom is -0.368 e. The van der Waals surface area contributed by atoms with Crippen LogP contribution in [0.3, 0.4) is 0 Å². The van der Waals surface area contributed by atoms with Gasteiger partial charge in [0.1, 0.15) is 0 Å². The molecule has 1 fully saturated rings. The van der Waals surface area contributed by atoms with Gasteiger partial charge in [0.15, 0.2) is 0 Å². The van der Waals surface area contributed by atoms with E-state index in [0.717, 1.165) is 53.3 Å². The van der Waals surface area contributed by atoms with Gasteiger partial charge in [-0.25, -0.2) is 0 Å². The number of hydrogen-bond donors (Lipinski definition) is 0. The van der Waals surface area contributed by atoms with Gasteiger partial charge in [-0.15, -0.1) is 0 Å². The Labute approximate surface area is 174 Å². The highest BCUT2D eigenvalue weighted by Crippen LogP contribution is 2.24. The summed E-state index contributed by atoms with van der Waals surface area (Å²) in [5.74, 6) is 0.129. The van der Waals surface area contributed by atoms with Crippen LogP contribution >= 0.6 is 15.9 Å². The molecule has 4 nitrogen and oxygen atoms in total. The average molecular weight is 438 g/mol. The number of benzene rings is 2. The summed E-state index contributed by atoms with van der Waals surface area (Å²) in [5, 5.41) is 0. The average Bonchev–Trinajstić information content (AvgIpc) is 3.03. The molecule has 2 heterocycles. The molecule has 1 amide bonds. The second-order valence-electron chi connectivity index (χ2n) is 7.21. The summed E-state index contributed by atoms with van der Waals surface area (Å²) < 4.78 is 3.20. The highest BCUT2D eigenvalue weighted by atomic mass is 79.9. The Bertz CT molecular complexity index is 971. The third-order valence-corrected chi connectivity index (χ3v) is 5.96. The molecular weight excluding hydrogens is 414 g/mol. The number of carbonyl (C=O) groups excluding carboxylic acids is 1. The summed E-state index contributed by atoms with van der Waals surface area (Å²) in [7, 11) is 0. The quantitative estimate of drug-likeness (QED) is 0.587. The minimum atomic E-state index is 0.129. The van der Waals surface area contributed by atoms with Gasteiger partial charge >= 0.3 is 0 Å². The first-order valence-corrected chi connectivity index (χ1v) is 10.4. The second kappa shape index (κ2) is 7.84. The molecule has 0 saturated carbocycles. The van der Waals surface area contributed by atoms with Gasteiger partial charge in [0, 0.05) is 53.4 Å². The van der Waals surface area contributed by atoms with Crippen molar-refractivity contribution in [3.05, 3.63) is 82.1 Å². The van der Waals surface area contributed by atoms with E-state index in [-0.39, 0.29) is 5.91 Å². The van der Waals surface area contributed by atoms with Crippen LogP contribution in [0.15, 0.2) is 65.1 Å². The van der Waals surface area contributed by atoms with Gasteiger partial charge < -0.3 is 14.4 Å². The molecule has 144 valence electrons. The summed E-state index contributed by atoms with van der Waals surface area (Å²) in [4.78, 5) is 17.5. The van der Waals surface area contributed by atoms with E-state index >= 15 is 0 Å². The number of aryl methyl sites for hydroxylation is 1. The van der Waals surface area contributed by atoms with E-state index in [1.165, 1.54) is 5.69 Å². The van der Waals surface area contributed by atoms with Crippen molar-refractivity contribution < 1.29 is 4.79 Å². The SMILES string of the molecule is Cc1cc(C(=O)N2CCN(c3ccccc3)CC2)c(C)n1-c1ccc(Br)cc1. The summed E-state index contributed by atoms with van der Waals surface area (Å²) in [5.41, 5.74) is 5.17. The van der Waals surface area contributed by atoms with Crippen molar-refractivity contribution in [1.82, 2.24) is 9.47 Å². The van der Waals surface area contributed by atoms with Crippen LogP contribution in [0.1, 0.15) is 21.7 Å². The third-order valence-electron chi connectivity index (χ3n) is 5.43. The number of amides is 1. The molecule has 4 rings (SSSR count). The summed E-state index contributed by atoms with van der Waals surface area (Å²) in [6.45, 7) is 7.30. The fourth-order valence-corrected chi connectivity index (χ4v) is 4.21. The van der Waals surface area contributed by atoms with Crippen molar-refractivity contribution in [3.63, 3.8) is 0 Å². The van der Waals surface area contributed by atoms with Crippen LogP contribution in [-0.4, -0.2) is 41.6 Å². The fourth-order valence-electron chi connectivity index (χ4n) is 3.94. The Hall–Kier alpha value is -2.53. The number of carbonyl (C=O) groups is 1. The molecule has 3 aromatic rings. The lowest BCUT2D eigenvalue weighted by Gasteiger charge is -2.36. The van der Waals surface area contributed by atoms with Crippen LogP contribution in [0.4, 0.5) is 5.69 Å². The number of rotatable bonds is 3. The molecule has 0 atom stereocenters. The zero-order valence-corrected chi connectivity index (χ0v) is 17.8.